The van der Waals surface area contributed by atoms with Crippen molar-refractivity contribution in [2.75, 3.05) is 0 Å². The monoisotopic (exact) mass is 178 g/mol. The van der Waals surface area contributed by atoms with Gasteiger partial charge < -0.3 is 4.57 Å². The van der Waals surface area contributed by atoms with Crippen molar-refractivity contribution in [1.82, 2.24) is 9.55 Å². The quantitative estimate of drug-likeness (QED) is 0.558. The zero-order valence-corrected chi connectivity index (χ0v) is 6.65. The van der Waals surface area contributed by atoms with Crippen molar-refractivity contribution in [1.29, 1.82) is 0 Å². The summed E-state index contributed by atoms with van der Waals surface area (Å²) < 4.78 is 1.46. The van der Waals surface area contributed by atoms with Crippen molar-refractivity contribution in [2.45, 2.75) is 0 Å². The highest BCUT2D eigenvalue weighted by atomic mass is 35.5. The van der Waals surface area contributed by atoms with Gasteiger partial charge in [0.15, 0.2) is 0 Å². The topological polar surface area (TPSA) is 34.9 Å². The molecule has 1 aromatic heterocycles. The van der Waals surface area contributed by atoms with Gasteiger partial charge in [0, 0.05) is 7.05 Å². The number of nitrogens with zero attached hydrogens (tertiary/aromatic N) is 2. The van der Waals surface area contributed by atoms with E-state index in [2.05, 4.69) is 4.98 Å². The van der Waals surface area contributed by atoms with Gasteiger partial charge >= 0.3 is 0 Å². The molecule has 0 saturated carbocycles. The number of rotatable bonds is 0. The van der Waals surface area contributed by atoms with Crippen LogP contribution in [-0.2, 0) is 7.05 Å². The summed E-state index contributed by atoms with van der Waals surface area (Å²) in [6, 6.07) is 0. The van der Waals surface area contributed by atoms with Crippen molar-refractivity contribution in [3.63, 3.8) is 0 Å². The summed E-state index contributed by atoms with van der Waals surface area (Å²) in [5, 5.41) is 0.174. The number of aromatic nitrogens is 2. The van der Waals surface area contributed by atoms with E-state index in [0.29, 0.717) is 0 Å². The van der Waals surface area contributed by atoms with Gasteiger partial charge in [0.2, 0.25) is 0 Å². The van der Waals surface area contributed by atoms with Crippen LogP contribution in [0.3, 0.4) is 0 Å². The second-order valence-corrected chi connectivity index (χ2v) is 2.50. The van der Waals surface area contributed by atoms with Gasteiger partial charge in [-0.25, -0.2) is 0 Å². The average molecular weight is 179 g/mol. The summed E-state index contributed by atoms with van der Waals surface area (Å²) in [6.45, 7) is 0. The fraction of sp³-hybridized carbons (Fsp3) is 0.200. The highest BCUT2D eigenvalue weighted by Gasteiger charge is 2.03. The molecule has 3 nitrogen and oxygen atoms in total. The molecule has 54 valence electrons. The SMILES string of the molecule is Cn1cnc(=O)c(Cl)c1Cl. The largest absolute Gasteiger partial charge is 0.325 e. The van der Waals surface area contributed by atoms with Crippen LogP contribution in [0.25, 0.3) is 0 Å². The second kappa shape index (κ2) is 2.60. The predicted molar refractivity (Wildman–Crippen MR) is 39.5 cm³/mol. The molecule has 0 saturated heterocycles. The van der Waals surface area contributed by atoms with Crippen LogP contribution in [-0.4, -0.2) is 9.55 Å². The van der Waals surface area contributed by atoms with E-state index in [-0.39, 0.29) is 10.2 Å². The molecule has 5 heteroatoms. The van der Waals surface area contributed by atoms with Crippen molar-refractivity contribution < 1.29 is 0 Å². The summed E-state index contributed by atoms with van der Waals surface area (Å²) in [4.78, 5) is 14.1. The van der Waals surface area contributed by atoms with Crippen LogP contribution in [0.2, 0.25) is 10.2 Å². The molecule has 0 aliphatic heterocycles. The van der Waals surface area contributed by atoms with Crippen molar-refractivity contribution in [3.8, 4) is 0 Å². The van der Waals surface area contributed by atoms with Crippen LogP contribution < -0.4 is 5.56 Å². The summed E-state index contributed by atoms with van der Waals surface area (Å²) in [5.74, 6) is 0. The summed E-state index contributed by atoms with van der Waals surface area (Å²) in [6.07, 6.45) is 1.32. The molecule has 0 aliphatic rings. The highest BCUT2D eigenvalue weighted by molar-refractivity contribution is 6.41. The Morgan fingerprint density at radius 2 is 2.20 bits per heavy atom. The third kappa shape index (κ3) is 1.15. The minimum absolute atomic E-state index is 0.0355. The molecule has 1 heterocycles. The first kappa shape index (κ1) is 7.57. The molecular weight excluding hydrogens is 175 g/mol. The fourth-order valence-corrected chi connectivity index (χ4v) is 0.796. The Balaban J connectivity index is 3.49. The van der Waals surface area contributed by atoms with Gasteiger partial charge in [-0.1, -0.05) is 23.2 Å². The zero-order valence-electron chi connectivity index (χ0n) is 5.14. The van der Waals surface area contributed by atoms with Gasteiger partial charge in [-0.3, -0.25) is 4.79 Å². The van der Waals surface area contributed by atoms with Gasteiger partial charge in [0.25, 0.3) is 5.56 Å². The maximum absolute atomic E-state index is 10.7. The first-order valence-corrected chi connectivity index (χ1v) is 3.25. The lowest BCUT2D eigenvalue weighted by atomic mass is 10.6. The normalized spacial score (nSPS) is 9.90. The standard InChI is InChI=1S/C5H4Cl2N2O/c1-9-2-8-5(10)3(6)4(9)7/h2H,1H3. The van der Waals surface area contributed by atoms with Crippen molar-refractivity contribution in [3.05, 3.63) is 26.9 Å². The molecule has 0 amide bonds. The van der Waals surface area contributed by atoms with Gasteiger partial charge in [-0.15, -0.1) is 0 Å². The minimum Gasteiger partial charge on any atom is -0.325 e. The predicted octanol–water partition coefficient (Wildman–Crippen LogP) is 1.09. The molecule has 0 unspecified atom stereocenters. The molecule has 0 N–H and O–H groups in total. The Hall–Kier alpha value is -0.540. The lowest BCUT2D eigenvalue weighted by molar-refractivity contribution is 0.854. The molecule has 0 radical (unpaired) electrons. The van der Waals surface area contributed by atoms with Crippen molar-refractivity contribution in [2.24, 2.45) is 7.05 Å². The van der Waals surface area contributed by atoms with E-state index >= 15 is 0 Å². The number of hydrogen-bond donors (Lipinski definition) is 0. The van der Waals surface area contributed by atoms with Gasteiger partial charge in [-0.2, -0.15) is 4.98 Å². The summed E-state index contributed by atoms with van der Waals surface area (Å²) in [7, 11) is 1.65. The maximum Gasteiger partial charge on any atom is 0.292 e. The molecule has 1 aromatic rings. The van der Waals surface area contributed by atoms with E-state index in [1.54, 1.807) is 7.05 Å². The first-order chi connectivity index (χ1) is 4.63. The zero-order chi connectivity index (χ0) is 7.72. The molecule has 0 fully saturated rings. The third-order valence-electron chi connectivity index (χ3n) is 1.03. The Bertz CT molecular complexity index is 307. The average Bonchev–Trinajstić information content (AvgIpc) is 1.93. The molecule has 0 aromatic carbocycles. The number of aryl methyl sites for hydroxylation is 1. The van der Waals surface area contributed by atoms with E-state index in [4.69, 9.17) is 23.2 Å². The lowest BCUT2D eigenvalue weighted by Crippen LogP contribution is -2.10. The van der Waals surface area contributed by atoms with Gasteiger partial charge in [0.05, 0.1) is 6.33 Å². The fourth-order valence-electron chi connectivity index (χ4n) is 0.489. The van der Waals surface area contributed by atoms with E-state index in [1.165, 1.54) is 10.9 Å². The van der Waals surface area contributed by atoms with Gasteiger partial charge in [-0.05, 0) is 0 Å². The van der Waals surface area contributed by atoms with E-state index in [9.17, 15) is 4.79 Å². The Kier molecular flexibility index (Phi) is 1.97. The summed E-state index contributed by atoms with van der Waals surface area (Å²) in [5.41, 5.74) is -0.496. The van der Waals surface area contributed by atoms with E-state index in [0.717, 1.165) is 0 Å². The van der Waals surface area contributed by atoms with Crippen LogP contribution >= 0.6 is 23.2 Å². The Morgan fingerprint density at radius 3 is 2.70 bits per heavy atom. The molecule has 10 heavy (non-hydrogen) atoms. The molecule has 0 bridgehead atoms. The van der Waals surface area contributed by atoms with E-state index in [1.807, 2.05) is 0 Å². The molecule has 0 spiro atoms. The molecule has 0 aliphatic carbocycles. The number of halogens is 2. The van der Waals surface area contributed by atoms with Crippen LogP contribution in [0.15, 0.2) is 11.1 Å². The first-order valence-electron chi connectivity index (χ1n) is 2.49. The lowest BCUT2D eigenvalue weighted by Gasteiger charge is -1.99. The smallest absolute Gasteiger partial charge is 0.292 e. The molecular formula is C5H4Cl2N2O. The Morgan fingerprint density at radius 1 is 1.60 bits per heavy atom. The second-order valence-electron chi connectivity index (χ2n) is 1.77. The maximum atomic E-state index is 10.7. The summed E-state index contributed by atoms with van der Waals surface area (Å²) >= 11 is 11.0. The van der Waals surface area contributed by atoms with Gasteiger partial charge in [0.1, 0.15) is 10.2 Å². The number of hydrogen-bond acceptors (Lipinski definition) is 2. The van der Waals surface area contributed by atoms with Crippen LogP contribution in [0, 0.1) is 0 Å². The van der Waals surface area contributed by atoms with Crippen LogP contribution in [0.1, 0.15) is 0 Å². The van der Waals surface area contributed by atoms with Crippen LogP contribution in [0.5, 0.6) is 0 Å². The van der Waals surface area contributed by atoms with E-state index < -0.39 is 5.56 Å². The minimum atomic E-state index is -0.496. The molecule has 0 atom stereocenters. The highest BCUT2D eigenvalue weighted by Crippen LogP contribution is 2.13. The Labute approximate surface area is 67.2 Å². The van der Waals surface area contributed by atoms with Crippen LogP contribution in [0.4, 0.5) is 0 Å². The van der Waals surface area contributed by atoms with Crippen molar-refractivity contribution >= 4 is 23.2 Å². The third-order valence-corrected chi connectivity index (χ3v) is 1.92. The molecule has 1 rings (SSSR count).